The van der Waals surface area contributed by atoms with Crippen molar-refractivity contribution in [2.24, 2.45) is 62.4 Å². The van der Waals surface area contributed by atoms with Crippen LogP contribution in [0.5, 0.6) is 0 Å². The van der Waals surface area contributed by atoms with Crippen molar-refractivity contribution in [1.29, 1.82) is 0 Å². The Kier molecular flexibility index (Phi) is 4.99. The Labute approximate surface area is 201 Å². The lowest BCUT2D eigenvalue weighted by molar-refractivity contribution is -0.232. The first kappa shape index (κ1) is 23.6. The molecule has 5 aliphatic carbocycles. The molecule has 0 heterocycles. The summed E-state index contributed by atoms with van der Waals surface area (Å²) in [4.78, 5) is 25.9. The topological polar surface area (TPSA) is 60.2 Å². The van der Waals surface area contributed by atoms with E-state index in [1.54, 1.807) is 0 Å². The molecule has 3 nitrogen and oxygen atoms in total. The monoisotopic (exact) mass is 453 g/mol. The van der Waals surface area contributed by atoms with Crippen molar-refractivity contribution < 1.29 is 9.59 Å². The molecular formula is C30H47NO2. The SMILES string of the molecule is C=C(C)[C@@H]1CC[C@]2(C(N)=O)CC[C@]3(C)[C@H](CC[C@@H]4[C@@]5(C)CCC(=O)C(C)(C)[C@@H]5CC[C@]43C)[C@@H]12. The Hall–Kier alpha value is -1.12. The quantitative estimate of drug-likeness (QED) is 0.473. The molecule has 0 radical (unpaired) electrons. The molecule has 184 valence electrons. The zero-order chi connectivity index (χ0) is 24.2. The average molecular weight is 454 g/mol. The molecule has 2 N–H and O–H groups in total. The summed E-state index contributed by atoms with van der Waals surface area (Å²) in [6.07, 6.45) is 10.7. The Morgan fingerprint density at radius 3 is 2.21 bits per heavy atom. The Morgan fingerprint density at radius 2 is 1.58 bits per heavy atom. The van der Waals surface area contributed by atoms with Gasteiger partial charge in [-0.05, 0) is 111 Å². The highest BCUT2D eigenvalue weighted by molar-refractivity contribution is 5.85. The number of carbonyl (C=O) groups excluding carboxylic acids is 2. The number of nitrogens with two attached hydrogens (primary N) is 1. The van der Waals surface area contributed by atoms with E-state index in [0.717, 1.165) is 38.5 Å². The van der Waals surface area contributed by atoms with E-state index in [4.69, 9.17) is 5.73 Å². The number of ketones is 1. The van der Waals surface area contributed by atoms with Crippen LogP contribution >= 0.6 is 0 Å². The summed E-state index contributed by atoms with van der Waals surface area (Å²) in [6, 6.07) is 0. The van der Waals surface area contributed by atoms with E-state index in [-0.39, 0.29) is 33.0 Å². The predicted molar refractivity (Wildman–Crippen MR) is 133 cm³/mol. The van der Waals surface area contributed by atoms with E-state index >= 15 is 0 Å². The highest BCUT2D eigenvalue weighted by Crippen LogP contribution is 2.77. The van der Waals surface area contributed by atoms with E-state index in [1.165, 1.54) is 31.3 Å². The van der Waals surface area contributed by atoms with Crippen LogP contribution in [-0.2, 0) is 9.59 Å². The van der Waals surface area contributed by atoms with Crippen molar-refractivity contribution in [2.75, 3.05) is 0 Å². The summed E-state index contributed by atoms with van der Waals surface area (Å²) in [7, 11) is 0. The van der Waals surface area contributed by atoms with Gasteiger partial charge in [0.15, 0.2) is 0 Å². The molecule has 0 aromatic rings. The number of amides is 1. The van der Waals surface area contributed by atoms with Crippen LogP contribution in [0.4, 0.5) is 0 Å². The number of hydrogen-bond donors (Lipinski definition) is 1. The predicted octanol–water partition coefficient (Wildman–Crippen LogP) is 6.70. The molecule has 0 unspecified atom stereocenters. The first-order chi connectivity index (χ1) is 15.3. The molecule has 0 bridgehead atoms. The fourth-order valence-electron chi connectivity index (χ4n) is 11.4. The van der Waals surface area contributed by atoms with Crippen molar-refractivity contribution >= 4 is 11.7 Å². The molecule has 33 heavy (non-hydrogen) atoms. The second-order valence-electron chi connectivity index (χ2n) is 14.4. The molecule has 1 amide bonds. The lowest BCUT2D eigenvalue weighted by atomic mass is 9.32. The van der Waals surface area contributed by atoms with Crippen LogP contribution in [-0.4, -0.2) is 11.7 Å². The fraction of sp³-hybridized carbons (Fsp3) is 0.867. The van der Waals surface area contributed by atoms with Gasteiger partial charge in [0.2, 0.25) is 5.91 Å². The first-order valence-electron chi connectivity index (χ1n) is 13.7. The van der Waals surface area contributed by atoms with Crippen molar-refractivity contribution in [3.63, 3.8) is 0 Å². The maximum absolute atomic E-state index is 13.0. The number of fused-ring (bicyclic) bond motifs is 7. The Balaban J connectivity index is 1.57. The fourth-order valence-corrected chi connectivity index (χ4v) is 11.4. The van der Waals surface area contributed by atoms with Gasteiger partial charge in [0, 0.05) is 11.8 Å². The zero-order valence-electron chi connectivity index (χ0n) is 22.1. The van der Waals surface area contributed by atoms with Crippen LogP contribution in [0.3, 0.4) is 0 Å². The van der Waals surface area contributed by atoms with Gasteiger partial charge in [-0.2, -0.15) is 0 Å². The van der Waals surface area contributed by atoms with Gasteiger partial charge in [-0.3, -0.25) is 9.59 Å². The van der Waals surface area contributed by atoms with Crippen molar-refractivity contribution in [3.05, 3.63) is 12.2 Å². The summed E-state index contributed by atoms with van der Waals surface area (Å²) in [5.41, 5.74) is 7.63. The molecule has 5 fully saturated rings. The minimum absolute atomic E-state index is 0.0474. The normalized spacial score (nSPS) is 52.8. The van der Waals surface area contributed by atoms with Gasteiger partial charge in [-0.15, -0.1) is 0 Å². The molecule has 5 aliphatic rings. The van der Waals surface area contributed by atoms with Gasteiger partial charge in [0.25, 0.3) is 0 Å². The molecule has 3 heteroatoms. The van der Waals surface area contributed by atoms with E-state index in [9.17, 15) is 9.59 Å². The number of rotatable bonds is 2. The Morgan fingerprint density at radius 1 is 0.879 bits per heavy atom. The highest BCUT2D eigenvalue weighted by atomic mass is 16.1. The lowest BCUT2D eigenvalue weighted by Crippen LogP contribution is -2.67. The molecule has 0 aromatic heterocycles. The van der Waals surface area contributed by atoms with Crippen LogP contribution < -0.4 is 5.73 Å². The van der Waals surface area contributed by atoms with Crippen LogP contribution in [0.15, 0.2) is 12.2 Å². The number of carbonyl (C=O) groups is 2. The molecule has 9 atom stereocenters. The minimum Gasteiger partial charge on any atom is -0.369 e. The summed E-state index contributed by atoms with van der Waals surface area (Å²) in [6.45, 7) is 18.8. The van der Waals surface area contributed by atoms with Crippen molar-refractivity contribution in [1.82, 2.24) is 0 Å². The highest BCUT2D eigenvalue weighted by Gasteiger charge is 2.71. The second-order valence-corrected chi connectivity index (χ2v) is 14.4. The summed E-state index contributed by atoms with van der Waals surface area (Å²) in [5, 5.41) is 0. The van der Waals surface area contributed by atoms with Crippen LogP contribution in [0, 0.1) is 56.7 Å². The van der Waals surface area contributed by atoms with Gasteiger partial charge in [0.1, 0.15) is 5.78 Å². The van der Waals surface area contributed by atoms with Crippen molar-refractivity contribution in [3.8, 4) is 0 Å². The Bertz CT molecular complexity index is 905. The lowest BCUT2D eigenvalue weighted by Gasteiger charge is -2.72. The summed E-state index contributed by atoms with van der Waals surface area (Å²) >= 11 is 0. The van der Waals surface area contributed by atoms with E-state index in [1.807, 2.05) is 0 Å². The molecular weight excluding hydrogens is 406 g/mol. The molecule has 0 spiro atoms. The van der Waals surface area contributed by atoms with E-state index in [0.29, 0.717) is 35.4 Å². The van der Waals surface area contributed by atoms with Gasteiger partial charge >= 0.3 is 0 Å². The third kappa shape index (κ3) is 2.69. The number of Topliss-reactive ketones (excluding diaryl/α,β-unsaturated/α-hetero) is 1. The maximum atomic E-state index is 13.0. The summed E-state index contributed by atoms with van der Waals surface area (Å²) in [5.74, 6) is 2.92. The van der Waals surface area contributed by atoms with Crippen LogP contribution in [0.2, 0.25) is 0 Å². The first-order valence-corrected chi connectivity index (χ1v) is 13.7. The smallest absolute Gasteiger partial charge is 0.223 e. The number of allylic oxidation sites excluding steroid dienone is 1. The standard InChI is InChI=1S/C30H47NO2/c1-18(2)19-10-15-30(25(31)33)17-16-28(6)20(24(19)30)8-9-22-27(5)13-12-23(32)26(3,4)21(27)11-14-29(22,28)7/h19-22,24H,1,8-17H2,2-7H3,(H2,31,33)/t19-,20+,21-,22+,24+,27-,28+,29+,30-/m0/s1. The number of primary amides is 1. The van der Waals surface area contributed by atoms with Gasteiger partial charge < -0.3 is 5.73 Å². The van der Waals surface area contributed by atoms with Crippen LogP contribution in [0.25, 0.3) is 0 Å². The van der Waals surface area contributed by atoms with Gasteiger partial charge in [-0.25, -0.2) is 0 Å². The van der Waals surface area contributed by atoms with E-state index < -0.39 is 0 Å². The number of hydrogen-bond acceptors (Lipinski definition) is 2. The summed E-state index contributed by atoms with van der Waals surface area (Å²) < 4.78 is 0. The average Bonchev–Trinajstić information content (AvgIpc) is 3.13. The van der Waals surface area contributed by atoms with Crippen molar-refractivity contribution in [2.45, 2.75) is 106 Å². The molecule has 0 aromatic carbocycles. The zero-order valence-corrected chi connectivity index (χ0v) is 22.1. The molecule has 0 saturated heterocycles. The third-order valence-corrected chi connectivity index (χ3v) is 13.3. The van der Waals surface area contributed by atoms with Gasteiger partial charge in [-0.1, -0.05) is 46.8 Å². The maximum Gasteiger partial charge on any atom is 0.223 e. The second kappa shape index (κ2) is 6.97. The van der Waals surface area contributed by atoms with Crippen LogP contribution in [0.1, 0.15) is 106 Å². The molecule has 0 aliphatic heterocycles. The van der Waals surface area contributed by atoms with Gasteiger partial charge in [0.05, 0.1) is 5.41 Å². The minimum atomic E-state index is -0.322. The third-order valence-electron chi connectivity index (χ3n) is 13.3. The molecule has 5 rings (SSSR count). The molecule has 5 saturated carbocycles. The van der Waals surface area contributed by atoms with E-state index in [2.05, 4.69) is 48.1 Å². The largest absolute Gasteiger partial charge is 0.369 e.